The van der Waals surface area contributed by atoms with E-state index in [0.29, 0.717) is 56.0 Å². The second kappa shape index (κ2) is 12.3. The molecule has 2 amide bonds. The van der Waals surface area contributed by atoms with Crippen LogP contribution in [0.25, 0.3) is 33.4 Å². The monoisotopic (exact) mass is 631 g/mol. The van der Waals surface area contributed by atoms with Gasteiger partial charge >= 0.3 is 0 Å². The lowest BCUT2D eigenvalue weighted by atomic mass is 9.93. The number of carbonyl (C=O) groups excluding carboxylic acids is 2. The molecule has 230 valence electrons. The van der Waals surface area contributed by atoms with Crippen molar-refractivity contribution in [2.75, 3.05) is 16.0 Å². The fraction of sp³-hybridized carbons (Fsp3) is 0.0571. The van der Waals surface area contributed by atoms with Crippen LogP contribution in [0, 0.1) is 0 Å². The summed E-state index contributed by atoms with van der Waals surface area (Å²) in [6.07, 6.45) is 0. The van der Waals surface area contributed by atoms with Crippen LogP contribution in [0.2, 0.25) is 0 Å². The summed E-state index contributed by atoms with van der Waals surface area (Å²) in [5.74, 6) is 0.0871. The molecule has 46 heavy (non-hydrogen) atoms. The molecular formula is C35H27N4O6S-. The predicted octanol–water partition coefficient (Wildman–Crippen LogP) is 7.00. The number of benzene rings is 5. The molecule has 4 aromatic carbocycles. The normalized spacial score (nSPS) is 11.8. The smallest absolute Gasteiger partial charge is 0.221 e. The van der Waals surface area contributed by atoms with Gasteiger partial charge in [0, 0.05) is 70.8 Å². The standard InChI is InChI=1S/C35H28N4O6S/c1-21(40)36-23-7-11-25(12-8-23)38-27-15-17-29-32(19-27)45-33-20-28(39-26-13-9-24(10-14-26)37-22(2)41)16-18-30(33)35(29)31-5-3-4-6-34(31)46(42,43)44/h3-20,38H,1-2H3,(H,36,40)(H,37,41)(H,42,43,44)/p-1. The van der Waals surface area contributed by atoms with E-state index >= 15 is 0 Å². The van der Waals surface area contributed by atoms with Crippen molar-refractivity contribution >= 4 is 61.3 Å². The van der Waals surface area contributed by atoms with Crippen LogP contribution in [0.4, 0.5) is 28.4 Å². The lowest BCUT2D eigenvalue weighted by Gasteiger charge is -2.19. The Morgan fingerprint density at radius 1 is 0.696 bits per heavy atom. The van der Waals surface area contributed by atoms with E-state index in [1.54, 1.807) is 72.8 Å². The van der Waals surface area contributed by atoms with Crippen LogP contribution in [-0.4, -0.2) is 24.8 Å². The fourth-order valence-electron chi connectivity index (χ4n) is 5.19. The molecule has 0 aromatic heterocycles. The molecule has 0 fully saturated rings. The lowest BCUT2D eigenvalue weighted by Crippen LogP contribution is -2.05. The highest BCUT2D eigenvalue weighted by Gasteiger charge is 2.21. The zero-order valence-electron chi connectivity index (χ0n) is 24.7. The van der Waals surface area contributed by atoms with Crippen molar-refractivity contribution in [3.63, 3.8) is 0 Å². The van der Waals surface area contributed by atoms with Crippen molar-refractivity contribution < 1.29 is 27.0 Å². The van der Waals surface area contributed by atoms with Crippen LogP contribution in [0.3, 0.4) is 0 Å². The predicted molar refractivity (Wildman–Crippen MR) is 176 cm³/mol. The van der Waals surface area contributed by atoms with E-state index in [1.807, 2.05) is 24.3 Å². The SMILES string of the molecule is CC(=O)Nc1ccc(N=c2ccc3c(-c4ccccc4S(=O)(=O)[O-])c4ccc(Nc5ccc(NC(C)=O)cc5)cc4oc-3c2)cc1. The van der Waals surface area contributed by atoms with Crippen LogP contribution >= 0.6 is 0 Å². The van der Waals surface area contributed by atoms with Gasteiger partial charge in [-0.25, -0.2) is 13.4 Å². The number of hydrogen-bond acceptors (Lipinski definition) is 8. The van der Waals surface area contributed by atoms with Gasteiger partial charge in [0.2, 0.25) is 11.8 Å². The highest BCUT2D eigenvalue weighted by Crippen LogP contribution is 2.42. The molecule has 1 heterocycles. The first-order valence-corrected chi connectivity index (χ1v) is 15.6. The minimum Gasteiger partial charge on any atom is -0.744 e. The number of amides is 2. The Bertz CT molecular complexity index is 2260. The Kier molecular flexibility index (Phi) is 8.10. The largest absolute Gasteiger partial charge is 0.744 e. The summed E-state index contributed by atoms with van der Waals surface area (Å²) in [6.45, 7) is 2.88. The zero-order valence-corrected chi connectivity index (χ0v) is 25.5. The summed E-state index contributed by atoms with van der Waals surface area (Å²) >= 11 is 0. The quantitative estimate of drug-likeness (QED) is 0.127. The third kappa shape index (κ3) is 6.65. The summed E-state index contributed by atoms with van der Waals surface area (Å²) in [5, 5.41) is 9.95. The maximum absolute atomic E-state index is 12.3. The van der Waals surface area contributed by atoms with Crippen molar-refractivity contribution in [1.82, 2.24) is 0 Å². The van der Waals surface area contributed by atoms with Gasteiger partial charge in [0.25, 0.3) is 0 Å². The van der Waals surface area contributed by atoms with Crippen molar-refractivity contribution in [3.8, 4) is 22.5 Å². The average molecular weight is 632 g/mol. The van der Waals surface area contributed by atoms with Crippen molar-refractivity contribution in [1.29, 1.82) is 0 Å². The Hall–Kier alpha value is -5.78. The lowest BCUT2D eigenvalue weighted by molar-refractivity contribution is -0.115. The summed E-state index contributed by atoms with van der Waals surface area (Å²) in [6, 6.07) is 31.1. The Labute approximate surface area is 264 Å². The molecule has 3 N–H and O–H groups in total. The number of nitrogens with one attached hydrogen (secondary N) is 3. The first-order valence-electron chi connectivity index (χ1n) is 14.2. The molecule has 10 nitrogen and oxygen atoms in total. The second-order valence-electron chi connectivity index (χ2n) is 10.5. The van der Waals surface area contributed by atoms with Gasteiger partial charge in [0.1, 0.15) is 21.5 Å². The number of fused-ring (bicyclic) bond motifs is 2. The van der Waals surface area contributed by atoms with Crippen LogP contribution in [-0.2, 0) is 19.7 Å². The van der Waals surface area contributed by atoms with Crippen molar-refractivity contribution in [2.24, 2.45) is 4.99 Å². The third-order valence-corrected chi connectivity index (χ3v) is 7.97. The van der Waals surface area contributed by atoms with E-state index < -0.39 is 10.1 Å². The number of nitrogens with zero attached hydrogens (tertiary/aromatic N) is 1. The second-order valence-corrected chi connectivity index (χ2v) is 11.9. The minimum absolute atomic E-state index is 0.165. The van der Waals surface area contributed by atoms with Gasteiger partial charge in [0.15, 0.2) is 0 Å². The van der Waals surface area contributed by atoms with Gasteiger partial charge in [-0.1, -0.05) is 18.2 Å². The van der Waals surface area contributed by atoms with E-state index in [4.69, 9.17) is 9.41 Å². The van der Waals surface area contributed by atoms with E-state index in [0.717, 1.165) is 5.69 Å². The van der Waals surface area contributed by atoms with Gasteiger partial charge in [-0.15, -0.1) is 0 Å². The van der Waals surface area contributed by atoms with Gasteiger partial charge < -0.3 is 24.9 Å². The molecule has 0 radical (unpaired) electrons. The van der Waals surface area contributed by atoms with Crippen molar-refractivity contribution in [2.45, 2.75) is 18.7 Å². The average Bonchev–Trinajstić information content (AvgIpc) is 3.01. The molecule has 0 unspecified atom stereocenters. The first kappa shape index (κ1) is 30.3. The van der Waals surface area contributed by atoms with E-state index in [2.05, 4.69) is 16.0 Å². The van der Waals surface area contributed by atoms with Gasteiger partial charge in [-0.3, -0.25) is 9.59 Å². The highest BCUT2D eigenvalue weighted by molar-refractivity contribution is 7.85. The van der Waals surface area contributed by atoms with Crippen LogP contribution in [0.5, 0.6) is 0 Å². The number of anilines is 4. The van der Waals surface area contributed by atoms with Gasteiger partial charge in [-0.2, -0.15) is 0 Å². The van der Waals surface area contributed by atoms with E-state index in [-0.39, 0.29) is 22.3 Å². The van der Waals surface area contributed by atoms with Crippen LogP contribution in [0.15, 0.2) is 123 Å². The molecule has 2 aliphatic rings. The van der Waals surface area contributed by atoms with Crippen LogP contribution in [0.1, 0.15) is 13.8 Å². The number of carbonyl (C=O) groups is 2. The fourth-order valence-corrected chi connectivity index (χ4v) is 5.87. The summed E-state index contributed by atoms with van der Waals surface area (Å²) in [5.41, 5.74) is 5.25. The summed E-state index contributed by atoms with van der Waals surface area (Å²) in [4.78, 5) is 27.1. The maximum Gasteiger partial charge on any atom is 0.221 e. The third-order valence-electron chi connectivity index (χ3n) is 7.07. The Morgan fingerprint density at radius 2 is 1.30 bits per heavy atom. The molecule has 0 spiro atoms. The highest BCUT2D eigenvalue weighted by atomic mass is 32.2. The molecule has 0 bridgehead atoms. The number of rotatable bonds is 7. The minimum atomic E-state index is -4.80. The molecule has 1 aliphatic carbocycles. The van der Waals surface area contributed by atoms with E-state index in [9.17, 15) is 22.6 Å². The van der Waals surface area contributed by atoms with Gasteiger partial charge in [-0.05, 0) is 78.9 Å². The van der Waals surface area contributed by atoms with Crippen LogP contribution < -0.4 is 21.3 Å². The molecule has 11 heteroatoms. The molecule has 0 atom stereocenters. The maximum atomic E-state index is 12.3. The number of hydrogen-bond donors (Lipinski definition) is 3. The first-order chi connectivity index (χ1) is 22.0. The Balaban J connectivity index is 1.49. The zero-order chi connectivity index (χ0) is 32.4. The Morgan fingerprint density at radius 3 is 1.96 bits per heavy atom. The topological polar surface area (TPSA) is 153 Å². The summed E-state index contributed by atoms with van der Waals surface area (Å²) in [7, 11) is -4.80. The molecule has 0 saturated heterocycles. The summed E-state index contributed by atoms with van der Waals surface area (Å²) < 4.78 is 43.4. The van der Waals surface area contributed by atoms with Crippen molar-refractivity contribution in [3.05, 3.63) is 115 Å². The molecule has 0 saturated carbocycles. The molecule has 4 aromatic rings. The molecule has 1 aliphatic heterocycles. The molecule has 6 rings (SSSR count). The van der Waals surface area contributed by atoms with E-state index in [1.165, 1.54) is 26.0 Å². The molecular weight excluding hydrogens is 604 g/mol. The van der Waals surface area contributed by atoms with Gasteiger partial charge in [0.05, 0.1) is 15.9 Å².